The summed E-state index contributed by atoms with van der Waals surface area (Å²) in [5, 5.41) is 9.94. The highest BCUT2D eigenvalue weighted by atomic mass is 32.2. The quantitative estimate of drug-likeness (QED) is 0.824. The van der Waals surface area contributed by atoms with Crippen LogP contribution in [0.3, 0.4) is 0 Å². The van der Waals surface area contributed by atoms with Gasteiger partial charge in [0.15, 0.2) is 5.17 Å². The highest BCUT2D eigenvalue weighted by Crippen LogP contribution is 2.28. The summed E-state index contributed by atoms with van der Waals surface area (Å²) in [6.07, 6.45) is 1.65. The van der Waals surface area contributed by atoms with E-state index >= 15 is 0 Å². The molecule has 2 N–H and O–H groups in total. The molecule has 1 saturated heterocycles. The Morgan fingerprint density at radius 3 is 2.63 bits per heavy atom. The van der Waals surface area contributed by atoms with Gasteiger partial charge in [0.05, 0.1) is 4.91 Å². The third-order valence-corrected chi connectivity index (χ3v) is 3.45. The molecule has 0 bridgehead atoms. The van der Waals surface area contributed by atoms with Gasteiger partial charge in [0.25, 0.3) is 5.91 Å². The van der Waals surface area contributed by atoms with Crippen molar-refractivity contribution in [3.05, 3.63) is 53.1 Å². The minimum Gasteiger partial charge on any atom is -0.457 e. The molecule has 2 heterocycles. The van der Waals surface area contributed by atoms with E-state index in [0.29, 0.717) is 10.7 Å². The second kappa shape index (κ2) is 4.78. The number of rotatable bonds is 2. The fourth-order valence-corrected chi connectivity index (χ4v) is 2.44. The minimum absolute atomic E-state index is 0.145. The monoisotopic (exact) mass is 270 g/mol. The van der Waals surface area contributed by atoms with Crippen molar-refractivity contribution >= 4 is 28.9 Å². The maximum atomic E-state index is 11.5. The van der Waals surface area contributed by atoms with Gasteiger partial charge in [-0.05, 0) is 23.9 Å². The predicted octanol–water partition coefficient (Wildman–Crippen LogP) is 3.09. The number of carbonyl (C=O) groups excluding carboxylic acids is 1. The van der Waals surface area contributed by atoms with Crippen molar-refractivity contribution in [2.24, 2.45) is 0 Å². The van der Waals surface area contributed by atoms with Gasteiger partial charge in [-0.1, -0.05) is 30.3 Å². The van der Waals surface area contributed by atoms with E-state index in [9.17, 15) is 4.79 Å². The van der Waals surface area contributed by atoms with E-state index in [2.05, 4.69) is 5.32 Å². The van der Waals surface area contributed by atoms with Crippen LogP contribution in [0.5, 0.6) is 0 Å². The Bertz CT molecular complexity index is 674. The topological polar surface area (TPSA) is 66.1 Å². The van der Waals surface area contributed by atoms with Gasteiger partial charge in [-0.25, -0.2) is 0 Å². The van der Waals surface area contributed by atoms with Crippen molar-refractivity contribution in [2.45, 2.75) is 0 Å². The maximum absolute atomic E-state index is 11.5. The molecule has 5 heteroatoms. The van der Waals surface area contributed by atoms with Crippen molar-refractivity contribution in [1.29, 1.82) is 5.41 Å². The summed E-state index contributed by atoms with van der Waals surface area (Å²) < 4.78 is 5.67. The van der Waals surface area contributed by atoms with E-state index in [1.165, 1.54) is 0 Å². The SMILES string of the molecule is N=C1NC(=O)/C(=C/c2ccc(-c3ccccc3)o2)S1. The lowest BCUT2D eigenvalue weighted by Crippen LogP contribution is -2.18. The van der Waals surface area contributed by atoms with E-state index in [1.807, 2.05) is 42.5 Å². The highest BCUT2D eigenvalue weighted by Gasteiger charge is 2.22. The Labute approximate surface area is 114 Å². The van der Waals surface area contributed by atoms with Gasteiger partial charge < -0.3 is 9.73 Å². The first-order valence-electron chi connectivity index (χ1n) is 5.67. The Balaban J connectivity index is 1.89. The lowest BCUT2D eigenvalue weighted by atomic mass is 10.2. The second-order valence-corrected chi connectivity index (χ2v) is 5.01. The number of hydrogen-bond donors (Lipinski definition) is 2. The van der Waals surface area contributed by atoms with Crippen LogP contribution in [0.15, 0.2) is 51.8 Å². The van der Waals surface area contributed by atoms with Crippen molar-refractivity contribution < 1.29 is 9.21 Å². The van der Waals surface area contributed by atoms with E-state index in [0.717, 1.165) is 23.1 Å². The van der Waals surface area contributed by atoms with Gasteiger partial charge in [-0.15, -0.1) is 0 Å². The molecule has 19 heavy (non-hydrogen) atoms. The summed E-state index contributed by atoms with van der Waals surface area (Å²) in [6, 6.07) is 13.4. The molecule has 0 spiro atoms. The zero-order valence-corrected chi connectivity index (χ0v) is 10.7. The van der Waals surface area contributed by atoms with Crippen LogP contribution in [-0.4, -0.2) is 11.1 Å². The molecule has 1 aliphatic heterocycles. The molecule has 2 aromatic rings. The number of furan rings is 1. The highest BCUT2D eigenvalue weighted by molar-refractivity contribution is 8.18. The average molecular weight is 270 g/mol. The molecular weight excluding hydrogens is 260 g/mol. The summed E-state index contributed by atoms with van der Waals surface area (Å²) in [6.45, 7) is 0. The average Bonchev–Trinajstić information content (AvgIpc) is 2.99. The molecule has 4 nitrogen and oxygen atoms in total. The van der Waals surface area contributed by atoms with Gasteiger partial charge in [0.1, 0.15) is 11.5 Å². The molecular formula is C14H10N2O2S. The summed E-state index contributed by atoms with van der Waals surface area (Å²) in [5.74, 6) is 1.10. The van der Waals surface area contributed by atoms with Crippen LogP contribution < -0.4 is 5.32 Å². The van der Waals surface area contributed by atoms with E-state index in [1.54, 1.807) is 6.08 Å². The molecule has 0 atom stereocenters. The molecule has 94 valence electrons. The molecule has 3 rings (SSSR count). The standard InChI is InChI=1S/C14H10N2O2S/c15-14-16-13(17)12(19-14)8-10-6-7-11(18-10)9-4-2-1-3-5-9/h1-8H,(H2,15,16,17)/b12-8-. The summed E-state index contributed by atoms with van der Waals surface area (Å²) >= 11 is 1.10. The fourth-order valence-electron chi connectivity index (χ4n) is 1.76. The summed E-state index contributed by atoms with van der Waals surface area (Å²) in [5.41, 5.74) is 0.989. The first-order valence-corrected chi connectivity index (χ1v) is 6.49. The first kappa shape index (κ1) is 11.8. The van der Waals surface area contributed by atoms with Crippen LogP contribution in [-0.2, 0) is 4.79 Å². The summed E-state index contributed by atoms with van der Waals surface area (Å²) in [7, 11) is 0. The zero-order valence-electron chi connectivity index (χ0n) is 9.84. The van der Waals surface area contributed by atoms with Crippen molar-refractivity contribution in [2.75, 3.05) is 0 Å². The molecule has 0 radical (unpaired) electrons. The van der Waals surface area contributed by atoms with Gasteiger partial charge in [0, 0.05) is 11.6 Å². The third-order valence-electron chi connectivity index (χ3n) is 2.62. The van der Waals surface area contributed by atoms with Gasteiger partial charge in [-0.2, -0.15) is 0 Å². The summed E-state index contributed by atoms with van der Waals surface area (Å²) in [4.78, 5) is 12.0. The number of amides is 1. The number of benzene rings is 1. The largest absolute Gasteiger partial charge is 0.457 e. The fraction of sp³-hybridized carbons (Fsp3) is 0. The first-order chi connectivity index (χ1) is 9.22. The van der Waals surface area contributed by atoms with Crippen LogP contribution in [0.2, 0.25) is 0 Å². The third kappa shape index (κ3) is 2.46. The van der Waals surface area contributed by atoms with Gasteiger partial charge in [-0.3, -0.25) is 10.2 Å². The van der Waals surface area contributed by atoms with Crippen LogP contribution >= 0.6 is 11.8 Å². The van der Waals surface area contributed by atoms with E-state index < -0.39 is 0 Å². The molecule has 0 aliphatic carbocycles. The Kier molecular flexibility index (Phi) is 2.97. The number of amidine groups is 1. The normalized spacial score (nSPS) is 16.9. The lowest BCUT2D eigenvalue weighted by Gasteiger charge is -1.95. The predicted molar refractivity (Wildman–Crippen MR) is 75.6 cm³/mol. The number of carbonyl (C=O) groups is 1. The molecule has 1 aromatic carbocycles. The second-order valence-electron chi connectivity index (χ2n) is 3.96. The van der Waals surface area contributed by atoms with Crippen LogP contribution in [0.1, 0.15) is 5.76 Å². The smallest absolute Gasteiger partial charge is 0.264 e. The molecule has 0 saturated carbocycles. The van der Waals surface area contributed by atoms with Crippen molar-refractivity contribution in [3.63, 3.8) is 0 Å². The molecule has 0 unspecified atom stereocenters. The van der Waals surface area contributed by atoms with E-state index in [-0.39, 0.29) is 11.1 Å². The van der Waals surface area contributed by atoms with E-state index in [4.69, 9.17) is 9.83 Å². The Hall–Kier alpha value is -2.27. The molecule has 1 amide bonds. The van der Waals surface area contributed by atoms with Crippen LogP contribution in [0, 0.1) is 5.41 Å². The molecule has 1 aromatic heterocycles. The molecule has 1 aliphatic rings. The maximum Gasteiger partial charge on any atom is 0.264 e. The van der Waals surface area contributed by atoms with Crippen molar-refractivity contribution in [1.82, 2.24) is 5.32 Å². The van der Waals surface area contributed by atoms with Crippen molar-refractivity contribution in [3.8, 4) is 11.3 Å². The molecule has 1 fully saturated rings. The van der Waals surface area contributed by atoms with Crippen LogP contribution in [0.4, 0.5) is 0 Å². The lowest BCUT2D eigenvalue weighted by molar-refractivity contribution is -0.115. The van der Waals surface area contributed by atoms with Gasteiger partial charge in [0.2, 0.25) is 0 Å². The Morgan fingerprint density at radius 2 is 1.95 bits per heavy atom. The number of hydrogen-bond acceptors (Lipinski definition) is 4. The zero-order chi connectivity index (χ0) is 13.2. The van der Waals surface area contributed by atoms with Gasteiger partial charge >= 0.3 is 0 Å². The number of nitrogens with one attached hydrogen (secondary N) is 2. The number of thioether (sulfide) groups is 1. The minimum atomic E-state index is -0.257. The Morgan fingerprint density at radius 1 is 1.16 bits per heavy atom. The van der Waals surface area contributed by atoms with Crippen LogP contribution in [0.25, 0.3) is 17.4 Å².